The third kappa shape index (κ3) is 2.06. The summed E-state index contributed by atoms with van der Waals surface area (Å²) in [6.07, 6.45) is 3.37. The van der Waals surface area contributed by atoms with Crippen molar-refractivity contribution in [3.63, 3.8) is 0 Å². The van der Waals surface area contributed by atoms with Gasteiger partial charge in [-0.3, -0.25) is 0 Å². The van der Waals surface area contributed by atoms with Gasteiger partial charge in [-0.05, 0) is 24.3 Å². The molecule has 0 bridgehead atoms. The molecule has 0 aliphatic carbocycles. The van der Waals surface area contributed by atoms with Gasteiger partial charge < -0.3 is 9.47 Å². The highest BCUT2D eigenvalue weighted by Gasteiger charge is 2.10. The molecule has 3 rings (SSSR count). The van der Waals surface area contributed by atoms with Crippen molar-refractivity contribution < 1.29 is 9.47 Å². The highest BCUT2D eigenvalue weighted by molar-refractivity contribution is 6.32. The zero-order valence-corrected chi connectivity index (χ0v) is 11.8. The number of nitrogens with zero attached hydrogens (tertiary/aromatic N) is 3. The van der Waals surface area contributed by atoms with E-state index >= 15 is 0 Å². The number of benzene rings is 1. The number of methoxy groups -OCH3 is 2. The molecule has 0 amide bonds. The molecule has 0 unspecified atom stereocenters. The van der Waals surface area contributed by atoms with E-state index in [4.69, 9.17) is 21.1 Å². The summed E-state index contributed by atoms with van der Waals surface area (Å²) in [5, 5.41) is 4.89. The normalized spacial score (nSPS) is 10.8. The summed E-state index contributed by atoms with van der Waals surface area (Å²) in [5.41, 5.74) is 2.47. The van der Waals surface area contributed by atoms with Crippen LogP contribution >= 0.6 is 11.6 Å². The fourth-order valence-corrected chi connectivity index (χ4v) is 2.22. The summed E-state index contributed by atoms with van der Waals surface area (Å²) in [6.45, 7) is 0. The van der Waals surface area contributed by atoms with Gasteiger partial charge in [0.25, 0.3) is 0 Å². The van der Waals surface area contributed by atoms with E-state index in [1.807, 2.05) is 24.3 Å². The van der Waals surface area contributed by atoms with Crippen molar-refractivity contribution in [1.29, 1.82) is 0 Å². The maximum absolute atomic E-state index is 6.05. The molecule has 0 N–H and O–H groups in total. The van der Waals surface area contributed by atoms with Gasteiger partial charge in [0.15, 0.2) is 16.7 Å². The van der Waals surface area contributed by atoms with E-state index in [2.05, 4.69) is 10.1 Å². The zero-order chi connectivity index (χ0) is 14.1. The molecular weight excluding hydrogens is 278 g/mol. The Balaban J connectivity index is 2.13. The van der Waals surface area contributed by atoms with Crippen molar-refractivity contribution in [3.8, 4) is 22.8 Å². The fraction of sp³-hybridized carbons (Fsp3) is 0.143. The van der Waals surface area contributed by atoms with Crippen LogP contribution in [0.15, 0.2) is 36.7 Å². The Kier molecular flexibility index (Phi) is 3.20. The van der Waals surface area contributed by atoms with Crippen molar-refractivity contribution in [1.82, 2.24) is 14.6 Å². The summed E-state index contributed by atoms with van der Waals surface area (Å²) in [4.78, 5) is 4.04. The Bertz CT molecular complexity index is 770. The fourth-order valence-electron chi connectivity index (χ4n) is 2.03. The Hall–Kier alpha value is -2.27. The Morgan fingerprint density at radius 2 is 1.90 bits per heavy atom. The van der Waals surface area contributed by atoms with Crippen LogP contribution in [0.25, 0.3) is 16.8 Å². The average Bonchev–Trinajstić information content (AvgIpc) is 2.92. The molecule has 5 nitrogen and oxygen atoms in total. The molecule has 0 fully saturated rings. The number of rotatable bonds is 3. The third-order valence-corrected chi connectivity index (χ3v) is 3.31. The van der Waals surface area contributed by atoms with Crippen LogP contribution in [0, 0.1) is 0 Å². The highest BCUT2D eigenvalue weighted by Crippen LogP contribution is 2.32. The SMILES string of the molecule is COc1ccc(-c2cc3c(Cl)nccn3n2)cc1OC. The summed E-state index contributed by atoms with van der Waals surface area (Å²) in [6, 6.07) is 7.53. The van der Waals surface area contributed by atoms with Crippen LogP contribution < -0.4 is 9.47 Å². The lowest BCUT2D eigenvalue weighted by Crippen LogP contribution is -1.91. The Morgan fingerprint density at radius 3 is 2.60 bits per heavy atom. The molecule has 6 heteroatoms. The van der Waals surface area contributed by atoms with Crippen LogP contribution in [0.1, 0.15) is 0 Å². The molecule has 0 atom stereocenters. The first-order valence-electron chi connectivity index (χ1n) is 5.95. The van der Waals surface area contributed by atoms with Crippen molar-refractivity contribution >= 4 is 17.1 Å². The quantitative estimate of drug-likeness (QED) is 0.743. The summed E-state index contributed by atoms with van der Waals surface area (Å²) >= 11 is 6.05. The Morgan fingerprint density at radius 1 is 1.10 bits per heavy atom. The zero-order valence-electron chi connectivity index (χ0n) is 11.0. The van der Waals surface area contributed by atoms with Gasteiger partial charge in [-0.1, -0.05) is 11.6 Å². The largest absolute Gasteiger partial charge is 0.493 e. The Labute approximate surface area is 120 Å². The molecule has 2 aromatic heterocycles. The van der Waals surface area contributed by atoms with Gasteiger partial charge in [0.1, 0.15) is 5.52 Å². The monoisotopic (exact) mass is 289 g/mol. The molecule has 0 aliphatic heterocycles. The van der Waals surface area contributed by atoms with Crippen LogP contribution in [-0.4, -0.2) is 28.8 Å². The minimum Gasteiger partial charge on any atom is -0.493 e. The highest BCUT2D eigenvalue weighted by atomic mass is 35.5. The van der Waals surface area contributed by atoms with E-state index in [0.717, 1.165) is 16.8 Å². The van der Waals surface area contributed by atoms with Crippen molar-refractivity contribution in [2.75, 3.05) is 14.2 Å². The van der Waals surface area contributed by atoms with Gasteiger partial charge in [-0.15, -0.1) is 0 Å². The minimum absolute atomic E-state index is 0.423. The second-order valence-electron chi connectivity index (χ2n) is 4.15. The van der Waals surface area contributed by atoms with Crippen LogP contribution in [0.4, 0.5) is 0 Å². The number of ether oxygens (including phenoxy) is 2. The van der Waals surface area contributed by atoms with Crippen molar-refractivity contribution in [2.24, 2.45) is 0 Å². The van der Waals surface area contributed by atoms with E-state index in [0.29, 0.717) is 16.7 Å². The lowest BCUT2D eigenvalue weighted by atomic mass is 10.1. The number of fused-ring (bicyclic) bond motifs is 1. The molecule has 2 heterocycles. The first-order valence-corrected chi connectivity index (χ1v) is 6.33. The van der Waals surface area contributed by atoms with Crippen LogP contribution in [0.3, 0.4) is 0 Å². The molecule has 20 heavy (non-hydrogen) atoms. The smallest absolute Gasteiger partial charge is 0.161 e. The molecule has 3 aromatic rings. The van der Waals surface area contributed by atoms with Crippen molar-refractivity contribution in [2.45, 2.75) is 0 Å². The molecule has 0 spiro atoms. The van der Waals surface area contributed by atoms with E-state index in [1.54, 1.807) is 31.1 Å². The predicted molar refractivity (Wildman–Crippen MR) is 76.5 cm³/mol. The number of halogens is 1. The van der Waals surface area contributed by atoms with E-state index in [9.17, 15) is 0 Å². The minimum atomic E-state index is 0.423. The van der Waals surface area contributed by atoms with Crippen LogP contribution in [0.5, 0.6) is 11.5 Å². The van der Waals surface area contributed by atoms with Gasteiger partial charge >= 0.3 is 0 Å². The van der Waals surface area contributed by atoms with Crippen LogP contribution in [-0.2, 0) is 0 Å². The summed E-state index contributed by atoms with van der Waals surface area (Å²) in [5.74, 6) is 1.34. The van der Waals surface area contributed by atoms with Gasteiger partial charge in [0, 0.05) is 18.0 Å². The number of aromatic nitrogens is 3. The summed E-state index contributed by atoms with van der Waals surface area (Å²) < 4.78 is 12.2. The van der Waals surface area contributed by atoms with Gasteiger partial charge in [-0.2, -0.15) is 5.10 Å². The summed E-state index contributed by atoms with van der Waals surface area (Å²) in [7, 11) is 3.21. The van der Waals surface area contributed by atoms with Crippen molar-refractivity contribution in [3.05, 3.63) is 41.8 Å². The lowest BCUT2D eigenvalue weighted by molar-refractivity contribution is 0.355. The third-order valence-electron chi connectivity index (χ3n) is 3.02. The number of hydrogen-bond acceptors (Lipinski definition) is 4. The molecule has 0 saturated heterocycles. The van der Waals surface area contributed by atoms with Gasteiger partial charge in [0.05, 0.1) is 19.9 Å². The molecule has 0 saturated carbocycles. The van der Waals surface area contributed by atoms with E-state index in [1.165, 1.54) is 0 Å². The molecule has 0 aliphatic rings. The molecule has 0 radical (unpaired) electrons. The second-order valence-corrected chi connectivity index (χ2v) is 4.51. The van der Waals surface area contributed by atoms with Gasteiger partial charge in [0.2, 0.25) is 0 Å². The van der Waals surface area contributed by atoms with Gasteiger partial charge in [-0.25, -0.2) is 9.50 Å². The maximum Gasteiger partial charge on any atom is 0.161 e. The molecule has 102 valence electrons. The van der Waals surface area contributed by atoms with E-state index < -0.39 is 0 Å². The van der Waals surface area contributed by atoms with E-state index in [-0.39, 0.29) is 0 Å². The van der Waals surface area contributed by atoms with Crippen LogP contribution in [0.2, 0.25) is 5.15 Å². The average molecular weight is 290 g/mol. The number of hydrogen-bond donors (Lipinski definition) is 0. The standard InChI is InChI=1S/C14H12ClN3O2/c1-19-12-4-3-9(7-13(12)20-2)10-8-11-14(15)16-5-6-18(11)17-10/h3-8H,1-2H3. The maximum atomic E-state index is 6.05. The molecule has 1 aromatic carbocycles. The molecular formula is C14H12ClN3O2. The lowest BCUT2D eigenvalue weighted by Gasteiger charge is -2.08. The first-order chi connectivity index (χ1) is 9.72. The predicted octanol–water partition coefficient (Wildman–Crippen LogP) is 3.07. The first kappa shape index (κ1) is 12.7. The topological polar surface area (TPSA) is 48.7 Å². The second kappa shape index (κ2) is 5.02.